The number of nitrogens with zero attached hydrogens (tertiary/aromatic N) is 1. The molecule has 0 bridgehead atoms. The van der Waals surface area contributed by atoms with Gasteiger partial charge in [-0.05, 0) is 37.8 Å². The van der Waals surface area contributed by atoms with Crippen LogP contribution in [0.2, 0.25) is 10.0 Å². The molecule has 2 rings (SSSR count). The van der Waals surface area contributed by atoms with Crippen molar-refractivity contribution in [2.45, 2.75) is 26.2 Å². The van der Waals surface area contributed by atoms with Gasteiger partial charge in [0.05, 0.1) is 22.3 Å². The Balaban J connectivity index is 1.94. The van der Waals surface area contributed by atoms with Crippen LogP contribution in [0.25, 0.3) is 0 Å². The van der Waals surface area contributed by atoms with Crippen molar-refractivity contribution in [1.82, 2.24) is 4.90 Å². The topological polar surface area (TPSA) is 49.4 Å². The molecule has 1 aromatic carbocycles. The Labute approximate surface area is 146 Å². The molecule has 0 aromatic heterocycles. The van der Waals surface area contributed by atoms with Gasteiger partial charge < -0.3 is 10.2 Å². The minimum absolute atomic E-state index is 0.00663. The summed E-state index contributed by atoms with van der Waals surface area (Å²) in [4.78, 5) is 26.1. The predicted molar refractivity (Wildman–Crippen MR) is 93.8 cm³/mol. The van der Waals surface area contributed by atoms with Crippen molar-refractivity contribution < 1.29 is 9.59 Å². The number of likely N-dealkylation sites (N-methyl/N-ethyl adjacent to an activating group) is 1. The Bertz CT molecular complexity index is 596. The van der Waals surface area contributed by atoms with Gasteiger partial charge in [0.2, 0.25) is 11.8 Å². The molecule has 1 aliphatic rings. The maximum Gasteiger partial charge on any atom is 0.244 e. The standard InChI is InChI=1S/C17H20Cl2N2O2/c1-2-21(16(23)10-12-6-3-4-7-12)11-15(22)20-17-13(18)8-5-9-14(17)19/h3,5-6,8-9,12H,2,4,7,10-11H2,1H3,(H,20,22). The summed E-state index contributed by atoms with van der Waals surface area (Å²) in [7, 11) is 0. The molecule has 1 unspecified atom stereocenters. The van der Waals surface area contributed by atoms with E-state index in [0.717, 1.165) is 12.8 Å². The number of carbonyl (C=O) groups excluding carboxylic acids is 2. The molecule has 6 heteroatoms. The summed E-state index contributed by atoms with van der Waals surface area (Å²) in [5.74, 6) is -0.0285. The Kier molecular flexibility index (Phi) is 6.48. The number of amides is 2. The fourth-order valence-electron chi connectivity index (χ4n) is 2.56. The molecule has 1 aromatic rings. The molecule has 0 saturated carbocycles. The highest BCUT2D eigenvalue weighted by Gasteiger charge is 2.21. The third-order valence-electron chi connectivity index (χ3n) is 3.85. The minimum atomic E-state index is -0.308. The third kappa shape index (κ3) is 4.98. The van der Waals surface area contributed by atoms with Gasteiger partial charge in [0.1, 0.15) is 0 Å². The van der Waals surface area contributed by atoms with E-state index in [1.807, 2.05) is 6.92 Å². The molecular weight excluding hydrogens is 335 g/mol. The lowest BCUT2D eigenvalue weighted by Gasteiger charge is -2.22. The van der Waals surface area contributed by atoms with Crippen LogP contribution >= 0.6 is 23.2 Å². The summed E-state index contributed by atoms with van der Waals surface area (Å²) in [5, 5.41) is 3.42. The molecule has 0 aliphatic heterocycles. The summed E-state index contributed by atoms with van der Waals surface area (Å²) in [5.41, 5.74) is 0.378. The number of carbonyl (C=O) groups is 2. The monoisotopic (exact) mass is 354 g/mol. The molecule has 2 amide bonds. The number of rotatable bonds is 6. The van der Waals surface area contributed by atoms with Crippen LogP contribution in [0.5, 0.6) is 0 Å². The highest BCUT2D eigenvalue weighted by atomic mass is 35.5. The summed E-state index contributed by atoms with van der Waals surface area (Å²) in [6.07, 6.45) is 6.65. The number of benzene rings is 1. The molecular formula is C17H20Cl2N2O2. The van der Waals surface area contributed by atoms with Gasteiger partial charge in [0, 0.05) is 13.0 Å². The van der Waals surface area contributed by atoms with Crippen LogP contribution in [-0.2, 0) is 9.59 Å². The van der Waals surface area contributed by atoms with E-state index in [0.29, 0.717) is 28.7 Å². The third-order valence-corrected chi connectivity index (χ3v) is 4.48. The number of halogens is 2. The van der Waals surface area contributed by atoms with Crippen molar-refractivity contribution in [3.63, 3.8) is 0 Å². The van der Waals surface area contributed by atoms with Crippen molar-refractivity contribution in [3.8, 4) is 0 Å². The van der Waals surface area contributed by atoms with Crippen LogP contribution in [0.3, 0.4) is 0 Å². The smallest absolute Gasteiger partial charge is 0.244 e. The second-order valence-corrected chi connectivity index (χ2v) is 6.34. The largest absolute Gasteiger partial charge is 0.334 e. The summed E-state index contributed by atoms with van der Waals surface area (Å²) < 4.78 is 0. The molecule has 1 aliphatic carbocycles. The lowest BCUT2D eigenvalue weighted by molar-refractivity contribution is -0.135. The second kappa shape index (κ2) is 8.37. The van der Waals surface area contributed by atoms with Crippen molar-refractivity contribution in [2.24, 2.45) is 5.92 Å². The summed E-state index contributed by atoms with van der Waals surface area (Å²) in [6.45, 7) is 2.34. The second-order valence-electron chi connectivity index (χ2n) is 5.52. The quantitative estimate of drug-likeness (QED) is 0.780. The first-order chi connectivity index (χ1) is 11.0. The van der Waals surface area contributed by atoms with Gasteiger partial charge in [-0.25, -0.2) is 0 Å². The fraction of sp³-hybridized carbons (Fsp3) is 0.412. The average Bonchev–Trinajstić information content (AvgIpc) is 3.01. The van der Waals surface area contributed by atoms with E-state index in [4.69, 9.17) is 23.2 Å². The highest BCUT2D eigenvalue weighted by Crippen LogP contribution is 2.29. The van der Waals surface area contributed by atoms with Crippen LogP contribution in [0, 0.1) is 5.92 Å². The summed E-state index contributed by atoms with van der Waals surface area (Å²) >= 11 is 12.1. The molecule has 0 fully saturated rings. The van der Waals surface area contributed by atoms with E-state index >= 15 is 0 Å². The Morgan fingerprint density at radius 2 is 2.00 bits per heavy atom. The van der Waals surface area contributed by atoms with Crippen molar-refractivity contribution in [1.29, 1.82) is 0 Å². The molecule has 4 nitrogen and oxygen atoms in total. The van der Waals surface area contributed by atoms with Gasteiger partial charge in [0.15, 0.2) is 0 Å². The fourth-order valence-corrected chi connectivity index (χ4v) is 3.06. The van der Waals surface area contributed by atoms with Crippen molar-refractivity contribution in [2.75, 3.05) is 18.4 Å². The van der Waals surface area contributed by atoms with Gasteiger partial charge in [0.25, 0.3) is 0 Å². The van der Waals surface area contributed by atoms with Gasteiger partial charge in [-0.15, -0.1) is 0 Å². The van der Waals surface area contributed by atoms with Crippen molar-refractivity contribution >= 4 is 40.7 Å². The zero-order valence-electron chi connectivity index (χ0n) is 13.0. The zero-order valence-corrected chi connectivity index (χ0v) is 14.5. The maximum absolute atomic E-state index is 12.3. The number of anilines is 1. The van der Waals surface area contributed by atoms with Crippen LogP contribution in [-0.4, -0.2) is 29.8 Å². The Hall–Kier alpha value is -1.52. The van der Waals surface area contributed by atoms with Crippen LogP contribution in [0.15, 0.2) is 30.4 Å². The van der Waals surface area contributed by atoms with Crippen LogP contribution < -0.4 is 5.32 Å². The van der Waals surface area contributed by atoms with Gasteiger partial charge in [-0.1, -0.05) is 41.4 Å². The van der Waals surface area contributed by atoms with E-state index in [2.05, 4.69) is 17.5 Å². The van der Waals surface area contributed by atoms with Crippen molar-refractivity contribution in [3.05, 3.63) is 40.4 Å². The first kappa shape index (κ1) is 17.8. The molecule has 0 saturated heterocycles. The highest BCUT2D eigenvalue weighted by molar-refractivity contribution is 6.39. The van der Waals surface area contributed by atoms with E-state index < -0.39 is 0 Å². The molecule has 0 spiro atoms. The zero-order chi connectivity index (χ0) is 16.8. The van der Waals surface area contributed by atoms with Gasteiger partial charge in [-0.3, -0.25) is 9.59 Å². The minimum Gasteiger partial charge on any atom is -0.334 e. The predicted octanol–water partition coefficient (Wildman–Crippen LogP) is 4.14. The Morgan fingerprint density at radius 1 is 1.30 bits per heavy atom. The molecule has 23 heavy (non-hydrogen) atoms. The SMILES string of the molecule is CCN(CC(=O)Nc1c(Cl)cccc1Cl)C(=O)CC1C=CCC1. The normalized spacial score (nSPS) is 16.4. The van der Waals surface area contributed by atoms with E-state index in [9.17, 15) is 9.59 Å². The van der Waals surface area contributed by atoms with E-state index in [-0.39, 0.29) is 24.3 Å². The molecule has 0 radical (unpaired) electrons. The van der Waals surface area contributed by atoms with Gasteiger partial charge >= 0.3 is 0 Å². The first-order valence-corrected chi connectivity index (χ1v) is 8.45. The van der Waals surface area contributed by atoms with Crippen LogP contribution in [0.4, 0.5) is 5.69 Å². The van der Waals surface area contributed by atoms with Gasteiger partial charge in [-0.2, -0.15) is 0 Å². The van der Waals surface area contributed by atoms with Crippen LogP contribution in [0.1, 0.15) is 26.2 Å². The number of hydrogen-bond acceptors (Lipinski definition) is 2. The molecule has 1 N–H and O–H groups in total. The number of hydrogen-bond donors (Lipinski definition) is 1. The first-order valence-electron chi connectivity index (χ1n) is 7.69. The average molecular weight is 355 g/mol. The molecule has 124 valence electrons. The number of nitrogens with one attached hydrogen (secondary N) is 1. The molecule has 1 atom stereocenters. The number of allylic oxidation sites excluding steroid dienone is 2. The Morgan fingerprint density at radius 3 is 2.57 bits per heavy atom. The molecule has 0 heterocycles. The summed E-state index contributed by atoms with van der Waals surface area (Å²) in [6, 6.07) is 5.01. The van der Waals surface area contributed by atoms with E-state index in [1.165, 1.54) is 0 Å². The number of para-hydroxylation sites is 1. The maximum atomic E-state index is 12.3. The lowest BCUT2D eigenvalue weighted by Crippen LogP contribution is -2.38. The van der Waals surface area contributed by atoms with E-state index in [1.54, 1.807) is 23.1 Å². The lowest BCUT2D eigenvalue weighted by atomic mass is 10.0.